The molecule has 0 bridgehead atoms. The maximum absolute atomic E-state index is 10.6. The van der Waals surface area contributed by atoms with E-state index in [1.807, 2.05) is 4.90 Å². The largest absolute Gasteiger partial charge is 0.480 e. The van der Waals surface area contributed by atoms with Crippen molar-refractivity contribution in [1.82, 2.24) is 9.80 Å². The molecule has 2 atom stereocenters. The molecule has 16 heavy (non-hydrogen) atoms. The minimum absolute atomic E-state index is 0.198. The van der Waals surface area contributed by atoms with Gasteiger partial charge < -0.3 is 5.11 Å². The molecule has 2 rings (SSSR count). The van der Waals surface area contributed by atoms with Crippen molar-refractivity contribution in [2.75, 3.05) is 38.5 Å². The van der Waals surface area contributed by atoms with Crippen LogP contribution in [0.25, 0.3) is 0 Å². The van der Waals surface area contributed by atoms with E-state index in [1.165, 1.54) is 12.2 Å². The quantitative estimate of drug-likeness (QED) is 0.787. The summed E-state index contributed by atoms with van der Waals surface area (Å²) in [5.74, 6) is 0.540. The Hall–Kier alpha value is -0.260. The van der Waals surface area contributed by atoms with Gasteiger partial charge in [-0.05, 0) is 6.42 Å². The van der Waals surface area contributed by atoms with E-state index >= 15 is 0 Å². The van der Waals surface area contributed by atoms with Crippen molar-refractivity contribution in [3.8, 4) is 0 Å². The third kappa shape index (κ3) is 3.12. The molecule has 0 aromatic carbocycles. The topological polar surface area (TPSA) is 43.8 Å². The highest BCUT2D eigenvalue weighted by atomic mass is 32.2. The summed E-state index contributed by atoms with van der Waals surface area (Å²) in [4.78, 5) is 15.2. The number of rotatable bonds is 3. The second kappa shape index (κ2) is 5.38. The van der Waals surface area contributed by atoms with E-state index in [0.717, 1.165) is 37.5 Å². The van der Waals surface area contributed by atoms with E-state index in [2.05, 4.69) is 23.6 Å². The molecule has 4 nitrogen and oxygen atoms in total. The molecule has 2 saturated heterocycles. The van der Waals surface area contributed by atoms with Crippen LogP contribution >= 0.6 is 11.8 Å². The smallest absolute Gasteiger partial charge is 0.317 e. The molecule has 0 aliphatic carbocycles. The van der Waals surface area contributed by atoms with Gasteiger partial charge in [-0.1, -0.05) is 6.92 Å². The average Bonchev–Trinajstić information content (AvgIpc) is 2.65. The molecule has 0 aromatic rings. The lowest BCUT2D eigenvalue weighted by molar-refractivity contribution is -0.138. The summed E-state index contributed by atoms with van der Waals surface area (Å²) in [6.07, 6.45) is 1.30. The van der Waals surface area contributed by atoms with Crippen molar-refractivity contribution in [3.63, 3.8) is 0 Å². The van der Waals surface area contributed by atoms with E-state index < -0.39 is 5.97 Å². The highest BCUT2D eigenvalue weighted by Gasteiger charge is 2.29. The summed E-state index contributed by atoms with van der Waals surface area (Å²) in [6.45, 7) is 6.37. The Morgan fingerprint density at radius 1 is 1.38 bits per heavy atom. The summed E-state index contributed by atoms with van der Waals surface area (Å²) in [6, 6.07) is 0.729. The van der Waals surface area contributed by atoms with Crippen LogP contribution in [0.2, 0.25) is 0 Å². The van der Waals surface area contributed by atoms with Crippen LogP contribution in [-0.4, -0.2) is 70.6 Å². The molecule has 92 valence electrons. The van der Waals surface area contributed by atoms with Crippen molar-refractivity contribution in [1.29, 1.82) is 0 Å². The van der Waals surface area contributed by atoms with Gasteiger partial charge >= 0.3 is 5.97 Å². The highest BCUT2D eigenvalue weighted by molar-refractivity contribution is 8.00. The number of hydrogen-bond donors (Lipinski definition) is 1. The fraction of sp³-hybridized carbons (Fsp3) is 0.909. The van der Waals surface area contributed by atoms with E-state index in [4.69, 9.17) is 5.11 Å². The van der Waals surface area contributed by atoms with E-state index in [0.29, 0.717) is 0 Å². The lowest BCUT2D eigenvalue weighted by Gasteiger charge is -2.37. The fourth-order valence-corrected chi connectivity index (χ4v) is 3.78. The van der Waals surface area contributed by atoms with Gasteiger partial charge in [0.05, 0.1) is 6.54 Å². The van der Waals surface area contributed by atoms with Crippen LogP contribution in [0.5, 0.6) is 0 Å². The molecule has 5 heteroatoms. The molecule has 2 heterocycles. The van der Waals surface area contributed by atoms with Crippen LogP contribution < -0.4 is 0 Å². The Balaban J connectivity index is 1.74. The van der Waals surface area contributed by atoms with Gasteiger partial charge in [-0.2, -0.15) is 11.8 Å². The van der Waals surface area contributed by atoms with Crippen LogP contribution in [0, 0.1) is 0 Å². The lowest BCUT2D eigenvalue weighted by atomic mass is 10.1. The molecule has 2 fully saturated rings. The molecular formula is C11H20N2O2S. The van der Waals surface area contributed by atoms with Crippen LogP contribution in [-0.2, 0) is 4.79 Å². The number of carbonyl (C=O) groups is 1. The van der Waals surface area contributed by atoms with Crippen LogP contribution in [0.4, 0.5) is 0 Å². The van der Waals surface area contributed by atoms with Gasteiger partial charge in [0, 0.05) is 43.2 Å². The molecule has 1 N–H and O–H groups in total. The average molecular weight is 244 g/mol. The number of thioether (sulfide) groups is 1. The third-order valence-corrected chi connectivity index (χ3v) is 4.80. The Morgan fingerprint density at radius 2 is 2.06 bits per heavy atom. The first-order valence-electron chi connectivity index (χ1n) is 5.95. The minimum Gasteiger partial charge on any atom is -0.480 e. The summed E-state index contributed by atoms with van der Waals surface area (Å²) in [7, 11) is 0. The Morgan fingerprint density at radius 3 is 2.56 bits per heavy atom. The Labute approximate surface area is 101 Å². The molecule has 0 aromatic heterocycles. The van der Waals surface area contributed by atoms with Crippen LogP contribution in [0.15, 0.2) is 0 Å². The lowest BCUT2D eigenvalue weighted by Crippen LogP contribution is -2.51. The van der Waals surface area contributed by atoms with Gasteiger partial charge in [-0.3, -0.25) is 14.6 Å². The standard InChI is InChI=1S/C11H20N2O2S/c1-9-6-10(8-16-9)13-4-2-12(3-5-13)7-11(14)15/h9-10H,2-8H2,1H3,(H,14,15). The van der Waals surface area contributed by atoms with Crippen molar-refractivity contribution >= 4 is 17.7 Å². The van der Waals surface area contributed by atoms with Crippen molar-refractivity contribution < 1.29 is 9.90 Å². The van der Waals surface area contributed by atoms with Gasteiger partial charge in [0.15, 0.2) is 0 Å². The van der Waals surface area contributed by atoms with Gasteiger partial charge in [-0.15, -0.1) is 0 Å². The predicted octanol–water partition coefficient (Wildman–Crippen LogP) is 0.583. The van der Waals surface area contributed by atoms with Gasteiger partial charge in [0.1, 0.15) is 0 Å². The van der Waals surface area contributed by atoms with E-state index in [9.17, 15) is 4.79 Å². The molecular weight excluding hydrogens is 224 g/mol. The first-order chi connectivity index (χ1) is 7.65. The van der Waals surface area contributed by atoms with Crippen molar-refractivity contribution in [3.05, 3.63) is 0 Å². The van der Waals surface area contributed by atoms with Crippen LogP contribution in [0.3, 0.4) is 0 Å². The zero-order valence-corrected chi connectivity index (χ0v) is 10.6. The SMILES string of the molecule is CC1CC(N2CCN(CC(=O)O)CC2)CS1. The Kier molecular flexibility index (Phi) is 4.10. The fourth-order valence-electron chi connectivity index (χ4n) is 2.53. The maximum atomic E-state index is 10.6. The van der Waals surface area contributed by atoms with Gasteiger partial charge in [0.25, 0.3) is 0 Å². The number of nitrogens with zero attached hydrogens (tertiary/aromatic N) is 2. The zero-order chi connectivity index (χ0) is 11.5. The first kappa shape index (κ1) is 12.2. The zero-order valence-electron chi connectivity index (χ0n) is 9.76. The summed E-state index contributed by atoms with van der Waals surface area (Å²) in [5, 5.41) is 9.51. The number of piperazine rings is 1. The highest BCUT2D eigenvalue weighted by Crippen LogP contribution is 2.29. The monoisotopic (exact) mass is 244 g/mol. The molecule has 2 aliphatic rings. The Bertz CT molecular complexity index is 254. The summed E-state index contributed by atoms with van der Waals surface area (Å²) < 4.78 is 0. The number of aliphatic carboxylic acids is 1. The summed E-state index contributed by atoms with van der Waals surface area (Å²) >= 11 is 2.06. The van der Waals surface area contributed by atoms with E-state index in [-0.39, 0.29) is 6.54 Å². The van der Waals surface area contributed by atoms with Crippen molar-refractivity contribution in [2.45, 2.75) is 24.6 Å². The second-order valence-corrected chi connectivity index (χ2v) is 6.21. The number of carboxylic acid groups (broad SMARTS) is 1. The maximum Gasteiger partial charge on any atom is 0.317 e. The second-order valence-electron chi connectivity index (χ2n) is 4.74. The third-order valence-electron chi connectivity index (χ3n) is 3.46. The molecule has 0 radical (unpaired) electrons. The number of hydrogen-bond acceptors (Lipinski definition) is 4. The summed E-state index contributed by atoms with van der Waals surface area (Å²) in [5.41, 5.74) is 0. The van der Waals surface area contributed by atoms with Crippen LogP contribution in [0.1, 0.15) is 13.3 Å². The van der Waals surface area contributed by atoms with Gasteiger partial charge in [0.2, 0.25) is 0 Å². The first-order valence-corrected chi connectivity index (χ1v) is 7.00. The van der Waals surface area contributed by atoms with Gasteiger partial charge in [-0.25, -0.2) is 0 Å². The predicted molar refractivity (Wildman–Crippen MR) is 66.0 cm³/mol. The molecule has 0 amide bonds. The van der Waals surface area contributed by atoms with E-state index in [1.54, 1.807) is 0 Å². The number of carboxylic acids is 1. The molecule has 2 aliphatic heterocycles. The normalized spacial score (nSPS) is 33.1. The molecule has 0 saturated carbocycles. The van der Waals surface area contributed by atoms with Crippen molar-refractivity contribution in [2.24, 2.45) is 0 Å². The molecule has 2 unspecified atom stereocenters. The molecule has 0 spiro atoms. The minimum atomic E-state index is -0.710.